The first-order valence-corrected chi connectivity index (χ1v) is 6.80. The molecule has 1 heterocycles. The molecule has 1 atom stereocenters. The fourth-order valence-corrected chi connectivity index (χ4v) is 3.05. The van der Waals surface area contributed by atoms with Crippen LogP contribution < -0.4 is 5.73 Å². The maximum atomic E-state index is 5.88. The molecule has 17 heavy (non-hydrogen) atoms. The summed E-state index contributed by atoms with van der Waals surface area (Å²) in [5.74, 6) is 0. The van der Waals surface area contributed by atoms with E-state index in [9.17, 15) is 0 Å². The summed E-state index contributed by atoms with van der Waals surface area (Å²) >= 11 is 0. The Bertz CT molecular complexity index is 413. The first-order chi connectivity index (χ1) is 8.31. The van der Waals surface area contributed by atoms with Crippen molar-refractivity contribution in [2.45, 2.75) is 57.0 Å². The highest BCUT2D eigenvalue weighted by Gasteiger charge is 2.18. The summed E-state index contributed by atoms with van der Waals surface area (Å²) in [6.07, 6.45) is 12.9. The van der Waals surface area contributed by atoms with Gasteiger partial charge in [0.2, 0.25) is 0 Å². The van der Waals surface area contributed by atoms with Gasteiger partial charge in [-0.15, -0.1) is 0 Å². The van der Waals surface area contributed by atoms with Crippen molar-refractivity contribution in [2.75, 3.05) is 0 Å². The second-order valence-corrected chi connectivity index (χ2v) is 5.43. The number of allylic oxidation sites excluding steroid dienone is 1. The smallest absolute Gasteiger partial charge is 0.0665 e. The Labute approximate surface area is 103 Å². The molecule has 1 aromatic heterocycles. The molecule has 3 nitrogen and oxygen atoms in total. The lowest BCUT2D eigenvalue weighted by Crippen LogP contribution is -2.11. The van der Waals surface area contributed by atoms with Crippen molar-refractivity contribution >= 4 is 0 Å². The molecule has 2 N–H and O–H groups in total. The Morgan fingerprint density at radius 3 is 2.82 bits per heavy atom. The van der Waals surface area contributed by atoms with Gasteiger partial charge in [0, 0.05) is 18.7 Å². The quantitative estimate of drug-likeness (QED) is 0.813. The van der Waals surface area contributed by atoms with E-state index >= 15 is 0 Å². The van der Waals surface area contributed by atoms with Gasteiger partial charge < -0.3 is 5.73 Å². The lowest BCUT2D eigenvalue weighted by atomic mass is 10.1. The first kappa shape index (κ1) is 11.0. The van der Waals surface area contributed by atoms with Crippen LogP contribution in [-0.2, 0) is 6.42 Å². The van der Waals surface area contributed by atoms with Crippen molar-refractivity contribution in [2.24, 2.45) is 5.73 Å². The molecule has 3 heteroatoms. The van der Waals surface area contributed by atoms with Gasteiger partial charge in [-0.25, -0.2) is 0 Å². The average Bonchev–Trinajstić information content (AvgIpc) is 3.00. The fraction of sp³-hybridized carbons (Fsp3) is 0.643. The number of rotatable bonds is 3. The molecule has 2 aliphatic carbocycles. The van der Waals surface area contributed by atoms with E-state index in [0.29, 0.717) is 6.04 Å². The van der Waals surface area contributed by atoms with Gasteiger partial charge in [-0.1, -0.05) is 24.5 Å². The lowest BCUT2D eigenvalue weighted by Gasteiger charge is -2.08. The zero-order chi connectivity index (χ0) is 11.7. The van der Waals surface area contributed by atoms with E-state index in [4.69, 9.17) is 10.8 Å². The van der Waals surface area contributed by atoms with Crippen LogP contribution in [0.4, 0.5) is 0 Å². The van der Waals surface area contributed by atoms with Gasteiger partial charge >= 0.3 is 0 Å². The zero-order valence-electron chi connectivity index (χ0n) is 10.3. The SMILES string of the molecule is NC1C=C(Cc2ccn(C3CCCC3)n2)CC1. The second-order valence-electron chi connectivity index (χ2n) is 5.43. The van der Waals surface area contributed by atoms with Crippen LogP contribution in [0.1, 0.15) is 50.3 Å². The standard InChI is InChI=1S/C14H21N3/c15-12-6-5-11(9-12)10-13-7-8-17(16-13)14-3-1-2-4-14/h7-9,12,14H,1-6,10,15H2. The van der Waals surface area contributed by atoms with E-state index in [0.717, 1.165) is 19.3 Å². The molecule has 0 bridgehead atoms. The Hall–Kier alpha value is -1.09. The van der Waals surface area contributed by atoms with Crippen LogP contribution in [0.25, 0.3) is 0 Å². The third kappa shape index (κ3) is 2.44. The minimum atomic E-state index is 0.280. The second kappa shape index (κ2) is 4.65. The highest BCUT2D eigenvalue weighted by molar-refractivity contribution is 5.20. The molecule has 0 spiro atoms. The van der Waals surface area contributed by atoms with Gasteiger partial charge in [0.25, 0.3) is 0 Å². The zero-order valence-corrected chi connectivity index (χ0v) is 10.3. The average molecular weight is 231 g/mol. The van der Waals surface area contributed by atoms with E-state index in [2.05, 4.69) is 23.0 Å². The summed E-state index contributed by atoms with van der Waals surface area (Å²) in [7, 11) is 0. The largest absolute Gasteiger partial charge is 0.324 e. The Morgan fingerprint density at radius 2 is 2.12 bits per heavy atom. The predicted molar refractivity (Wildman–Crippen MR) is 68.7 cm³/mol. The molecule has 1 unspecified atom stereocenters. The van der Waals surface area contributed by atoms with Crippen molar-refractivity contribution in [3.05, 3.63) is 29.6 Å². The summed E-state index contributed by atoms with van der Waals surface area (Å²) in [6, 6.07) is 3.11. The van der Waals surface area contributed by atoms with E-state index in [1.54, 1.807) is 0 Å². The van der Waals surface area contributed by atoms with Crippen LogP contribution in [-0.4, -0.2) is 15.8 Å². The van der Waals surface area contributed by atoms with E-state index in [1.165, 1.54) is 37.0 Å². The monoisotopic (exact) mass is 231 g/mol. The predicted octanol–water partition coefficient (Wildman–Crippen LogP) is 2.59. The first-order valence-electron chi connectivity index (χ1n) is 6.80. The van der Waals surface area contributed by atoms with E-state index in [-0.39, 0.29) is 6.04 Å². The molecule has 0 aromatic carbocycles. The molecular formula is C14H21N3. The van der Waals surface area contributed by atoms with Gasteiger partial charge in [0.15, 0.2) is 0 Å². The van der Waals surface area contributed by atoms with Gasteiger partial charge in [0.1, 0.15) is 0 Å². The minimum absolute atomic E-state index is 0.280. The summed E-state index contributed by atoms with van der Waals surface area (Å²) in [5, 5.41) is 4.72. The molecule has 0 amide bonds. The van der Waals surface area contributed by atoms with Gasteiger partial charge in [0.05, 0.1) is 11.7 Å². The minimum Gasteiger partial charge on any atom is -0.324 e. The molecule has 3 rings (SSSR count). The van der Waals surface area contributed by atoms with Crippen LogP contribution in [0, 0.1) is 0 Å². The Balaban J connectivity index is 1.66. The van der Waals surface area contributed by atoms with Gasteiger partial charge in [-0.2, -0.15) is 5.10 Å². The third-order valence-electron chi connectivity index (χ3n) is 4.02. The van der Waals surface area contributed by atoms with Gasteiger partial charge in [-0.3, -0.25) is 4.68 Å². The van der Waals surface area contributed by atoms with Gasteiger partial charge in [-0.05, 0) is 31.7 Å². The Morgan fingerprint density at radius 1 is 1.29 bits per heavy atom. The molecule has 0 aliphatic heterocycles. The number of aromatic nitrogens is 2. The molecule has 1 saturated carbocycles. The van der Waals surface area contributed by atoms with Crippen LogP contribution in [0.5, 0.6) is 0 Å². The van der Waals surface area contributed by atoms with Crippen molar-refractivity contribution < 1.29 is 0 Å². The Kier molecular flexibility index (Phi) is 3.02. The third-order valence-corrected chi connectivity index (χ3v) is 4.02. The van der Waals surface area contributed by atoms with Crippen LogP contribution in [0.15, 0.2) is 23.9 Å². The molecule has 92 valence electrons. The summed E-state index contributed by atoms with van der Waals surface area (Å²) in [6.45, 7) is 0. The molecular weight excluding hydrogens is 210 g/mol. The number of nitrogens with zero attached hydrogens (tertiary/aromatic N) is 2. The van der Waals surface area contributed by atoms with Crippen molar-refractivity contribution in [3.63, 3.8) is 0 Å². The van der Waals surface area contributed by atoms with Crippen molar-refractivity contribution in [1.29, 1.82) is 0 Å². The van der Waals surface area contributed by atoms with Crippen LogP contribution >= 0.6 is 0 Å². The molecule has 0 saturated heterocycles. The summed E-state index contributed by atoms with van der Waals surface area (Å²) in [4.78, 5) is 0. The topological polar surface area (TPSA) is 43.8 Å². The molecule has 1 fully saturated rings. The number of hydrogen-bond donors (Lipinski definition) is 1. The van der Waals surface area contributed by atoms with Crippen molar-refractivity contribution in [3.8, 4) is 0 Å². The highest BCUT2D eigenvalue weighted by Crippen LogP contribution is 2.29. The maximum Gasteiger partial charge on any atom is 0.0665 e. The molecule has 0 radical (unpaired) electrons. The maximum absolute atomic E-state index is 5.88. The lowest BCUT2D eigenvalue weighted by molar-refractivity contribution is 0.463. The molecule has 2 aliphatic rings. The van der Waals surface area contributed by atoms with Crippen molar-refractivity contribution in [1.82, 2.24) is 9.78 Å². The van der Waals surface area contributed by atoms with E-state index < -0.39 is 0 Å². The normalized spacial score (nSPS) is 25.5. The number of nitrogens with two attached hydrogens (primary N) is 1. The number of hydrogen-bond acceptors (Lipinski definition) is 2. The summed E-state index contributed by atoms with van der Waals surface area (Å²) in [5.41, 5.74) is 8.55. The fourth-order valence-electron chi connectivity index (χ4n) is 3.05. The van der Waals surface area contributed by atoms with Crippen LogP contribution in [0.3, 0.4) is 0 Å². The summed E-state index contributed by atoms with van der Waals surface area (Å²) < 4.78 is 2.18. The van der Waals surface area contributed by atoms with E-state index in [1.807, 2.05) is 0 Å². The molecule has 1 aromatic rings. The van der Waals surface area contributed by atoms with Crippen LogP contribution in [0.2, 0.25) is 0 Å². The highest BCUT2D eigenvalue weighted by atomic mass is 15.3.